The van der Waals surface area contributed by atoms with Gasteiger partial charge in [-0.05, 0) is 41.4 Å². The number of aryl methyl sites for hydroxylation is 1. The van der Waals surface area contributed by atoms with Gasteiger partial charge in [0.1, 0.15) is 5.75 Å². The summed E-state index contributed by atoms with van der Waals surface area (Å²) >= 11 is 3.38. The van der Waals surface area contributed by atoms with Crippen molar-refractivity contribution in [1.82, 2.24) is 0 Å². The third-order valence-electron chi connectivity index (χ3n) is 2.36. The summed E-state index contributed by atoms with van der Waals surface area (Å²) in [6.45, 7) is 3.69. The van der Waals surface area contributed by atoms with Crippen LogP contribution < -0.4 is 10.5 Å². The standard InChI is InChI=1S/C11H16BrNO2/c1-6-4-5-8(12)11(15-3)9(6)10(14)7(2)13/h4-5,7,10,14H,13H2,1-3H3. The predicted octanol–water partition coefficient (Wildman–Crippen LogP) is 2.15. The van der Waals surface area contributed by atoms with Crippen molar-refractivity contribution in [2.75, 3.05) is 7.11 Å². The predicted molar refractivity (Wildman–Crippen MR) is 64.0 cm³/mol. The molecular weight excluding hydrogens is 258 g/mol. The van der Waals surface area contributed by atoms with Crippen LogP contribution in [0.1, 0.15) is 24.2 Å². The molecule has 1 rings (SSSR count). The van der Waals surface area contributed by atoms with Crippen LogP contribution in [0.4, 0.5) is 0 Å². The molecule has 0 bridgehead atoms. The van der Waals surface area contributed by atoms with Crippen molar-refractivity contribution >= 4 is 15.9 Å². The minimum atomic E-state index is -0.711. The van der Waals surface area contributed by atoms with Crippen molar-refractivity contribution in [3.05, 3.63) is 27.7 Å². The van der Waals surface area contributed by atoms with Crippen molar-refractivity contribution < 1.29 is 9.84 Å². The van der Waals surface area contributed by atoms with Gasteiger partial charge in [-0.3, -0.25) is 0 Å². The molecule has 0 radical (unpaired) electrons. The van der Waals surface area contributed by atoms with Crippen LogP contribution in [-0.4, -0.2) is 18.3 Å². The molecular formula is C11H16BrNO2. The van der Waals surface area contributed by atoms with Crippen LogP contribution in [-0.2, 0) is 0 Å². The third-order valence-corrected chi connectivity index (χ3v) is 2.99. The van der Waals surface area contributed by atoms with E-state index in [-0.39, 0.29) is 6.04 Å². The summed E-state index contributed by atoms with van der Waals surface area (Å²) in [5, 5.41) is 9.99. The lowest BCUT2D eigenvalue weighted by Gasteiger charge is -2.21. The number of aliphatic hydroxyl groups excluding tert-OH is 1. The molecule has 0 aliphatic rings. The SMILES string of the molecule is COc1c(Br)ccc(C)c1C(O)C(C)N. The number of rotatable bonds is 3. The second-order valence-corrected chi connectivity index (χ2v) is 4.47. The Kier molecular flexibility index (Phi) is 4.13. The highest BCUT2D eigenvalue weighted by atomic mass is 79.9. The molecule has 0 amide bonds. The Morgan fingerprint density at radius 3 is 2.53 bits per heavy atom. The first kappa shape index (κ1) is 12.5. The molecule has 2 atom stereocenters. The smallest absolute Gasteiger partial charge is 0.139 e. The van der Waals surface area contributed by atoms with E-state index in [0.29, 0.717) is 5.75 Å². The Balaban J connectivity index is 3.30. The fourth-order valence-corrected chi connectivity index (χ4v) is 2.02. The highest BCUT2D eigenvalue weighted by molar-refractivity contribution is 9.10. The molecule has 0 fully saturated rings. The van der Waals surface area contributed by atoms with E-state index in [1.807, 2.05) is 19.1 Å². The molecule has 1 aromatic carbocycles. The van der Waals surface area contributed by atoms with E-state index >= 15 is 0 Å². The summed E-state index contributed by atoms with van der Waals surface area (Å²) in [7, 11) is 1.58. The van der Waals surface area contributed by atoms with Gasteiger partial charge in [0.15, 0.2) is 0 Å². The lowest BCUT2D eigenvalue weighted by atomic mass is 9.98. The molecule has 0 spiro atoms. The molecule has 0 saturated heterocycles. The lowest BCUT2D eigenvalue weighted by Crippen LogP contribution is -2.25. The van der Waals surface area contributed by atoms with E-state index in [9.17, 15) is 5.11 Å². The average molecular weight is 274 g/mol. The van der Waals surface area contributed by atoms with Gasteiger partial charge >= 0.3 is 0 Å². The summed E-state index contributed by atoms with van der Waals surface area (Å²) < 4.78 is 6.09. The fourth-order valence-electron chi connectivity index (χ4n) is 1.51. The number of methoxy groups -OCH3 is 1. The van der Waals surface area contributed by atoms with Crippen molar-refractivity contribution in [2.45, 2.75) is 26.0 Å². The maximum atomic E-state index is 9.99. The van der Waals surface area contributed by atoms with Crippen LogP contribution in [0.25, 0.3) is 0 Å². The van der Waals surface area contributed by atoms with Gasteiger partial charge in [0, 0.05) is 11.6 Å². The molecule has 0 aliphatic carbocycles. The molecule has 0 saturated carbocycles. The van der Waals surface area contributed by atoms with Crippen LogP contribution in [0.3, 0.4) is 0 Å². The van der Waals surface area contributed by atoms with Gasteiger partial charge in [-0.2, -0.15) is 0 Å². The van der Waals surface area contributed by atoms with Crippen LogP contribution in [0.15, 0.2) is 16.6 Å². The topological polar surface area (TPSA) is 55.5 Å². The fraction of sp³-hybridized carbons (Fsp3) is 0.455. The Hall–Kier alpha value is -0.580. The molecule has 3 N–H and O–H groups in total. The third kappa shape index (κ3) is 2.51. The molecule has 0 aromatic heterocycles. The van der Waals surface area contributed by atoms with Gasteiger partial charge in [0.25, 0.3) is 0 Å². The van der Waals surface area contributed by atoms with E-state index in [2.05, 4.69) is 15.9 Å². The largest absolute Gasteiger partial charge is 0.495 e. The Bertz CT molecular complexity index is 353. The first-order valence-electron chi connectivity index (χ1n) is 4.75. The first-order valence-corrected chi connectivity index (χ1v) is 5.55. The number of nitrogens with two attached hydrogens (primary N) is 1. The zero-order chi connectivity index (χ0) is 11.6. The summed E-state index contributed by atoms with van der Waals surface area (Å²) in [5.41, 5.74) is 7.41. The maximum absolute atomic E-state index is 9.99. The quantitative estimate of drug-likeness (QED) is 0.888. The molecule has 4 heteroatoms. The van der Waals surface area contributed by atoms with Crippen LogP contribution in [0.5, 0.6) is 5.75 Å². The number of hydrogen-bond donors (Lipinski definition) is 2. The van der Waals surface area contributed by atoms with Crippen molar-refractivity contribution in [3.8, 4) is 5.75 Å². The Morgan fingerprint density at radius 2 is 2.07 bits per heavy atom. The zero-order valence-corrected chi connectivity index (χ0v) is 10.7. The van der Waals surface area contributed by atoms with E-state index in [0.717, 1.165) is 15.6 Å². The van der Waals surface area contributed by atoms with Crippen LogP contribution in [0, 0.1) is 6.92 Å². The van der Waals surface area contributed by atoms with Gasteiger partial charge in [-0.15, -0.1) is 0 Å². The van der Waals surface area contributed by atoms with Gasteiger partial charge in [0.2, 0.25) is 0 Å². The van der Waals surface area contributed by atoms with Crippen molar-refractivity contribution in [3.63, 3.8) is 0 Å². The summed E-state index contributed by atoms with van der Waals surface area (Å²) in [4.78, 5) is 0. The molecule has 1 aromatic rings. The minimum Gasteiger partial charge on any atom is -0.495 e. The normalized spacial score (nSPS) is 14.8. The summed E-state index contributed by atoms with van der Waals surface area (Å²) in [5.74, 6) is 0.653. The summed E-state index contributed by atoms with van der Waals surface area (Å²) in [6, 6.07) is 3.49. The zero-order valence-electron chi connectivity index (χ0n) is 9.12. The molecule has 15 heavy (non-hydrogen) atoms. The molecule has 84 valence electrons. The number of hydrogen-bond acceptors (Lipinski definition) is 3. The molecule has 3 nitrogen and oxygen atoms in total. The number of halogens is 1. The van der Waals surface area contributed by atoms with Crippen LogP contribution in [0.2, 0.25) is 0 Å². The number of benzene rings is 1. The average Bonchev–Trinajstić information content (AvgIpc) is 2.19. The number of aliphatic hydroxyl groups is 1. The maximum Gasteiger partial charge on any atom is 0.139 e. The van der Waals surface area contributed by atoms with E-state index in [1.165, 1.54) is 0 Å². The second-order valence-electron chi connectivity index (χ2n) is 3.62. The van der Waals surface area contributed by atoms with Gasteiger partial charge in [0.05, 0.1) is 17.7 Å². The Morgan fingerprint density at radius 1 is 1.47 bits per heavy atom. The highest BCUT2D eigenvalue weighted by Gasteiger charge is 2.21. The van der Waals surface area contributed by atoms with E-state index < -0.39 is 6.10 Å². The summed E-state index contributed by atoms with van der Waals surface area (Å²) in [6.07, 6.45) is -0.711. The monoisotopic (exact) mass is 273 g/mol. The van der Waals surface area contributed by atoms with Crippen LogP contribution >= 0.6 is 15.9 Å². The van der Waals surface area contributed by atoms with Gasteiger partial charge in [-0.25, -0.2) is 0 Å². The first-order chi connectivity index (χ1) is 6.99. The van der Waals surface area contributed by atoms with Crippen molar-refractivity contribution in [1.29, 1.82) is 0 Å². The lowest BCUT2D eigenvalue weighted by molar-refractivity contribution is 0.148. The van der Waals surface area contributed by atoms with E-state index in [4.69, 9.17) is 10.5 Å². The van der Waals surface area contributed by atoms with E-state index in [1.54, 1.807) is 14.0 Å². The highest BCUT2D eigenvalue weighted by Crippen LogP contribution is 2.36. The molecule has 2 unspecified atom stereocenters. The van der Waals surface area contributed by atoms with Gasteiger partial charge in [-0.1, -0.05) is 6.07 Å². The second kappa shape index (κ2) is 4.96. The Labute approximate surface area is 98.4 Å². The molecule has 0 aliphatic heterocycles. The van der Waals surface area contributed by atoms with Gasteiger partial charge < -0.3 is 15.6 Å². The van der Waals surface area contributed by atoms with Crippen molar-refractivity contribution in [2.24, 2.45) is 5.73 Å². The number of ether oxygens (including phenoxy) is 1. The minimum absolute atomic E-state index is 0.327. The molecule has 0 heterocycles.